The zero-order valence-electron chi connectivity index (χ0n) is 60.1. The average Bonchev–Trinajstić information content (AvgIpc) is 0.798. The quantitative estimate of drug-likeness (QED) is 0.0199. The predicted octanol–water partition coefficient (Wildman–Crippen LogP) is 12.3. The predicted molar refractivity (Wildman–Crippen MR) is 379 cm³/mol. The third-order valence-corrected chi connectivity index (χ3v) is 19.7. The summed E-state index contributed by atoms with van der Waals surface area (Å²) in [4.78, 5) is 13.4. The summed E-state index contributed by atoms with van der Waals surface area (Å²) in [6, 6.07) is -0.988. The van der Waals surface area contributed by atoms with Gasteiger partial charge in [0, 0.05) is 6.42 Å². The molecule has 0 aliphatic carbocycles. The van der Waals surface area contributed by atoms with E-state index in [1.54, 1.807) is 6.08 Å². The number of carbonyl (C=O) groups is 1. The first-order chi connectivity index (χ1) is 46.8. The van der Waals surface area contributed by atoms with Gasteiger partial charge in [-0.25, -0.2) is 0 Å². The van der Waals surface area contributed by atoms with Crippen molar-refractivity contribution in [1.82, 2.24) is 5.32 Å². The van der Waals surface area contributed by atoms with Crippen LogP contribution in [0.1, 0.15) is 316 Å². The van der Waals surface area contributed by atoms with Gasteiger partial charge in [-0.1, -0.05) is 288 Å². The van der Waals surface area contributed by atoms with Gasteiger partial charge in [0.05, 0.1) is 38.6 Å². The van der Waals surface area contributed by atoms with E-state index in [-0.39, 0.29) is 18.9 Å². The van der Waals surface area contributed by atoms with Gasteiger partial charge < -0.3 is 89.9 Å². The van der Waals surface area contributed by atoms with Crippen molar-refractivity contribution in [3.05, 3.63) is 36.5 Å². The number of aliphatic hydroxyl groups excluding tert-OH is 11. The molecule has 564 valence electrons. The highest BCUT2D eigenvalue weighted by Gasteiger charge is 2.53. The van der Waals surface area contributed by atoms with Gasteiger partial charge in [-0.3, -0.25) is 4.79 Å². The summed E-state index contributed by atoms with van der Waals surface area (Å²) in [5, 5.41) is 121. The lowest BCUT2D eigenvalue weighted by Crippen LogP contribution is -2.66. The Bertz CT molecular complexity index is 1880. The van der Waals surface area contributed by atoms with Crippen molar-refractivity contribution in [2.75, 3.05) is 26.4 Å². The second-order valence-electron chi connectivity index (χ2n) is 28.2. The Morgan fingerprint density at radius 3 is 1.04 bits per heavy atom. The van der Waals surface area contributed by atoms with Crippen LogP contribution in [0.15, 0.2) is 36.5 Å². The number of ether oxygens (including phenoxy) is 6. The Labute approximate surface area is 581 Å². The van der Waals surface area contributed by atoms with E-state index in [1.165, 1.54) is 244 Å². The van der Waals surface area contributed by atoms with E-state index in [0.29, 0.717) is 12.8 Å². The molecule has 17 unspecified atom stereocenters. The Morgan fingerprint density at radius 2 is 0.667 bits per heavy atom. The number of carbonyl (C=O) groups excluding carboxylic acids is 1. The molecule has 17 atom stereocenters. The van der Waals surface area contributed by atoms with E-state index < -0.39 is 124 Å². The number of rotatable bonds is 62. The van der Waals surface area contributed by atoms with Crippen LogP contribution in [0.2, 0.25) is 0 Å². The number of amides is 1. The molecule has 19 heteroatoms. The Morgan fingerprint density at radius 1 is 0.365 bits per heavy atom. The number of hydrogen-bond donors (Lipinski definition) is 12. The topological polar surface area (TPSA) is 307 Å². The average molecular weight is 1370 g/mol. The van der Waals surface area contributed by atoms with Gasteiger partial charge in [-0.15, -0.1) is 0 Å². The number of nitrogens with one attached hydrogen (secondary N) is 1. The first-order valence-corrected chi connectivity index (χ1v) is 39.2. The molecule has 3 aliphatic rings. The normalized spacial score (nSPS) is 27.2. The Balaban J connectivity index is 1.33. The summed E-state index contributed by atoms with van der Waals surface area (Å²) >= 11 is 0. The van der Waals surface area contributed by atoms with Crippen LogP contribution in [-0.2, 0) is 33.2 Å². The molecule has 0 saturated carbocycles. The van der Waals surface area contributed by atoms with E-state index in [4.69, 9.17) is 28.4 Å². The number of allylic oxidation sites excluding steroid dienone is 5. The van der Waals surface area contributed by atoms with Gasteiger partial charge in [-0.2, -0.15) is 0 Å². The molecule has 3 saturated heterocycles. The van der Waals surface area contributed by atoms with E-state index >= 15 is 0 Å². The standard InChI is InChI=1S/C77H143NO18/c1-3-5-7-9-11-13-15-17-19-21-22-23-24-25-26-27-28-29-30-31-32-33-34-35-36-37-38-39-41-43-45-47-49-51-53-55-65(83)78-60(61(82)54-52-50-48-46-44-42-40-20-18-16-14-12-10-8-6-4-2)59-91-75-71(89)68(86)73(63(57-80)93-75)96-77-72(90)69(87)74(64(58-81)94-77)95-76-70(88)67(85)66(84)62(56-79)92-76/h21-22,44,46,52,54,60-64,66-77,79-82,84-90H,3-20,23-43,45,47-51,53,55-59H2,1-2H3,(H,78,83)/b22-21-,46-44+,54-52+. The monoisotopic (exact) mass is 1370 g/mol. The number of unbranched alkanes of at least 4 members (excludes halogenated alkanes) is 42. The molecular formula is C77H143NO18. The summed E-state index contributed by atoms with van der Waals surface area (Å²) < 4.78 is 34.4. The molecule has 0 bridgehead atoms. The van der Waals surface area contributed by atoms with Crippen LogP contribution in [0.5, 0.6) is 0 Å². The van der Waals surface area contributed by atoms with Gasteiger partial charge in [0.15, 0.2) is 18.9 Å². The molecule has 3 aliphatic heterocycles. The fourth-order valence-electron chi connectivity index (χ4n) is 13.3. The molecule has 3 heterocycles. The van der Waals surface area contributed by atoms with E-state index in [9.17, 15) is 61.0 Å². The summed E-state index contributed by atoms with van der Waals surface area (Å²) in [6.45, 7) is 1.74. The largest absolute Gasteiger partial charge is 0.394 e. The minimum atomic E-state index is -1.98. The van der Waals surface area contributed by atoms with Crippen LogP contribution in [0.4, 0.5) is 0 Å². The van der Waals surface area contributed by atoms with E-state index in [0.717, 1.165) is 38.5 Å². The minimum Gasteiger partial charge on any atom is -0.394 e. The highest BCUT2D eigenvalue weighted by molar-refractivity contribution is 5.76. The van der Waals surface area contributed by atoms with Crippen molar-refractivity contribution in [3.8, 4) is 0 Å². The van der Waals surface area contributed by atoms with Crippen molar-refractivity contribution in [1.29, 1.82) is 0 Å². The lowest BCUT2D eigenvalue weighted by atomic mass is 9.96. The molecule has 96 heavy (non-hydrogen) atoms. The third-order valence-electron chi connectivity index (χ3n) is 19.7. The second-order valence-corrected chi connectivity index (χ2v) is 28.2. The van der Waals surface area contributed by atoms with Crippen molar-refractivity contribution in [2.45, 2.75) is 420 Å². The zero-order valence-corrected chi connectivity index (χ0v) is 60.1. The molecule has 0 aromatic rings. The maximum absolute atomic E-state index is 13.4. The van der Waals surface area contributed by atoms with Gasteiger partial charge in [0.2, 0.25) is 5.91 Å². The molecule has 3 rings (SSSR count). The summed E-state index contributed by atoms with van der Waals surface area (Å²) in [6.07, 6.45) is 44.4. The Hall–Kier alpha value is -1.99. The van der Waals surface area contributed by atoms with Crippen LogP contribution >= 0.6 is 0 Å². The summed E-state index contributed by atoms with van der Waals surface area (Å²) in [5.74, 6) is -0.280. The number of aliphatic hydroxyl groups is 11. The fraction of sp³-hybridized carbons (Fsp3) is 0.909. The molecule has 3 fully saturated rings. The van der Waals surface area contributed by atoms with Crippen molar-refractivity contribution >= 4 is 5.91 Å². The summed E-state index contributed by atoms with van der Waals surface area (Å²) in [5.41, 5.74) is 0. The molecule has 1 amide bonds. The molecule has 0 aromatic heterocycles. The zero-order chi connectivity index (χ0) is 69.6. The SMILES string of the molecule is CCCCCCCCCC/C=C\CCCCCCCCCCCCCCCCCCCCCCCCCC(=O)NC(COC1OC(CO)C(OC2OC(CO)C(OC3OC(CO)C(O)C(O)C3O)C(O)C2O)C(O)C1O)C(O)/C=C/CC/C=C/CCCCCCCCCCCC. The second kappa shape index (κ2) is 58.5. The maximum Gasteiger partial charge on any atom is 0.220 e. The maximum atomic E-state index is 13.4. The van der Waals surface area contributed by atoms with Gasteiger partial charge in [0.25, 0.3) is 0 Å². The highest BCUT2D eigenvalue weighted by atomic mass is 16.8. The first kappa shape index (κ1) is 88.2. The highest BCUT2D eigenvalue weighted by Crippen LogP contribution is 2.33. The molecular weight excluding hydrogens is 1230 g/mol. The molecule has 12 N–H and O–H groups in total. The smallest absolute Gasteiger partial charge is 0.220 e. The lowest BCUT2D eigenvalue weighted by molar-refractivity contribution is -0.379. The van der Waals surface area contributed by atoms with Crippen LogP contribution in [0, 0.1) is 0 Å². The Kier molecular flexibility index (Phi) is 53.8. The molecule has 0 radical (unpaired) electrons. The van der Waals surface area contributed by atoms with Crippen LogP contribution < -0.4 is 5.32 Å². The molecule has 19 nitrogen and oxygen atoms in total. The van der Waals surface area contributed by atoms with Gasteiger partial charge >= 0.3 is 0 Å². The molecule has 0 aromatic carbocycles. The summed E-state index contributed by atoms with van der Waals surface area (Å²) in [7, 11) is 0. The van der Waals surface area contributed by atoms with E-state index in [2.05, 4.69) is 43.5 Å². The van der Waals surface area contributed by atoms with Gasteiger partial charge in [-0.05, 0) is 57.8 Å². The van der Waals surface area contributed by atoms with Crippen molar-refractivity contribution in [3.63, 3.8) is 0 Å². The van der Waals surface area contributed by atoms with E-state index in [1.807, 2.05) is 6.08 Å². The first-order valence-electron chi connectivity index (χ1n) is 39.2. The van der Waals surface area contributed by atoms with Gasteiger partial charge in [0.1, 0.15) is 73.2 Å². The van der Waals surface area contributed by atoms with Crippen LogP contribution in [-0.4, -0.2) is 193 Å². The van der Waals surface area contributed by atoms with Crippen molar-refractivity contribution in [2.24, 2.45) is 0 Å². The van der Waals surface area contributed by atoms with Crippen LogP contribution in [0.3, 0.4) is 0 Å². The lowest BCUT2D eigenvalue weighted by Gasteiger charge is -2.48. The molecule has 0 spiro atoms. The fourth-order valence-corrected chi connectivity index (χ4v) is 13.3. The van der Waals surface area contributed by atoms with Crippen LogP contribution in [0.25, 0.3) is 0 Å². The van der Waals surface area contributed by atoms with Crippen molar-refractivity contribution < 1.29 is 89.4 Å². The third kappa shape index (κ3) is 38.9. The minimum absolute atomic E-state index is 0.239. The number of hydrogen-bond acceptors (Lipinski definition) is 18.